The number of carboxylic acids is 1. The van der Waals surface area contributed by atoms with E-state index in [-0.39, 0.29) is 29.3 Å². The zero-order valence-corrected chi connectivity index (χ0v) is 8.93. The molecule has 1 aromatic carbocycles. The van der Waals surface area contributed by atoms with Crippen molar-refractivity contribution in [2.75, 3.05) is 5.32 Å². The molecule has 5 nitrogen and oxygen atoms in total. The van der Waals surface area contributed by atoms with Crippen LogP contribution in [0.15, 0.2) is 18.2 Å². The van der Waals surface area contributed by atoms with Crippen LogP contribution in [0.4, 0.5) is 5.69 Å². The normalized spacial score (nSPS) is 9.35. The number of terminal acetylenes is 1. The Morgan fingerprint density at radius 3 is 2.65 bits per heavy atom. The Labute approximate surface area is 98.1 Å². The SMILES string of the molecule is C#CCCC(=O)Nc1ccc(C(=O)O)cc1O. The molecule has 0 aliphatic carbocycles. The molecule has 1 amide bonds. The lowest BCUT2D eigenvalue weighted by molar-refractivity contribution is -0.116. The van der Waals surface area contributed by atoms with Gasteiger partial charge in [0.05, 0.1) is 11.3 Å². The number of hydrogen-bond donors (Lipinski definition) is 3. The minimum Gasteiger partial charge on any atom is -0.506 e. The van der Waals surface area contributed by atoms with Crippen molar-refractivity contribution in [3.8, 4) is 18.1 Å². The van der Waals surface area contributed by atoms with Crippen molar-refractivity contribution in [1.82, 2.24) is 0 Å². The average Bonchev–Trinajstić information content (AvgIpc) is 2.28. The molecule has 0 radical (unpaired) electrons. The fourth-order valence-electron chi connectivity index (χ4n) is 1.17. The molecule has 0 bridgehead atoms. The molecule has 17 heavy (non-hydrogen) atoms. The van der Waals surface area contributed by atoms with Gasteiger partial charge in [0.15, 0.2) is 0 Å². The van der Waals surface area contributed by atoms with Crippen LogP contribution in [-0.2, 0) is 4.79 Å². The van der Waals surface area contributed by atoms with Gasteiger partial charge >= 0.3 is 5.97 Å². The number of rotatable bonds is 4. The summed E-state index contributed by atoms with van der Waals surface area (Å²) in [7, 11) is 0. The van der Waals surface area contributed by atoms with Gasteiger partial charge in [0.25, 0.3) is 0 Å². The highest BCUT2D eigenvalue weighted by Crippen LogP contribution is 2.24. The van der Waals surface area contributed by atoms with Gasteiger partial charge in [-0.15, -0.1) is 12.3 Å². The number of phenols is 1. The Kier molecular flexibility index (Phi) is 4.12. The molecule has 0 aliphatic rings. The number of aromatic carboxylic acids is 1. The first kappa shape index (κ1) is 12.6. The highest BCUT2D eigenvalue weighted by Gasteiger charge is 2.09. The van der Waals surface area contributed by atoms with Crippen LogP contribution in [0.5, 0.6) is 5.75 Å². The zero-order chi connectivity index (χ0) is 12.8. The van der Waals surface area contributed by atoms with Gasteiger partial charge in [-0.1, -0.05) is 0 Å². The molecular formula is C12H11NO4. The minimum absolute atomic E-state index is 0.0517. The zero-order valence-electron chi connectivity index (χ0n) is 8.93. The van der Waals surface area contributed by atoms with Crippen LogP contribution in [0.2, 0.25) is 0 Å². The standard InChI is InChI=1S/C12H11NO4/c1-2-3-4-11(15)13-9-6-5-8(12(16)17)7-10(9)14/h1,5-7,14H,3-4H2,(H,13,15)(H,16,17). The molecule has 1 aromatic rings. The third kappa shape index (κ3) is 3.54. The average molecular weight is 233 g/mol. The topological polar surface area (TPSA) is 86.6 Å². The Hall–Kier alpha value is -2.48. The van der Waals surface area contributed by atoms with E-state index in [0.717, 1.165) is 6.07 Å². The van der Waals surface area contributed by atoms with Gasteiger partial charge < -0.3 is 15.5 Å². The Bertz CT molecular complexity index is 488. The van der Waals surface area contributed by atoms with Gasteiger partial charge in [-0.05, 0) is 18.2 Å². The lowest BCUT2D eigenvalue weighted by atomic mass is 10.2. The van der Waals surface area contributed by atoms with Crippen molar-refractivity contribution < 1.29 is 19.8 Å². The molecule has 3 N–H and O–H groups in total. The Morgan fingerprint density at radius 2 is 2.12 bits per heavy atom. The van der Waals surface area contributed by atoms with Gasteiger partial charge in [-0.3, -0.25) is 4.79 Å². The van der Waals surface area contributed by atoms with Crippen LogP contribution >= 0.6 is 0 Å². The lowest BCUT2D eigenvalue weighted by Gasteiger charge is -2.07. The molecule has 0 saturated heterocycles. The number of carboxylic acid groups (broad SMARTS) is 1. The van der Waals surface area contributed by atoms with Crippen LogP contribution in [0.25, 0.3) is 0 Å². The number of nitrogens with one attached hydrogen (secondary N) is 1. The van der Waals surface area contributed by atoms with E-state index in [1.165, 1.54) is 12.1 Å². The van der Waals surface area contributed by atoms with E-state index in [9.17, 15) is 14.7 Å². The number of phenolic OH excluding ortho intramolecular Hbond substituents is 1. The van der Waals surface area contributed by atoms with Crippen molar-refractivity contribution in [3.05, 3.63) is 23.8 Å². The number of hydrogen-bond acceptors (Lipinski definition) is 3. The van der Waals surface area contributed by atoms with Crippen molar-refractivity contribution in [2.45, 2.75) is 12.8 Å². The molecule has 0 aliphatic heterocycles. The maximum absolute atomic E-state index is 11.3. The molecule has 0 spiro atoms. The first-order valence-electron chi connectivity index (χ1n) is 4.84. The number of carbonyl (C=O) groups is 2. The highest BCUT2D eigenvalue weighted by atomic mass is 16.4. The molecule has 0 fully saturated rings. The summed E-state index contributed by atoms with van der Waals surface area (Å²) in [5.74, 6) is 0.550. The molecule has 88 valence electrons. The summed E-state index contributed by atoms with van der Waals surface area (Å²) in [6, 6.07) is 3.69. The first-order valence-corrected chi connectivity index (χ1v) is 4.84. The quantitative estimate of drug-likeness (QED) is 0.542. The fraction of sp³-hybridized carbons (Fsp3) is 0.167. The second-order valence-electron chi connectivity index (χ2n) is 3.29. The molecule has 0 heterocycles. The molecule has 1 rings (SSSR count). The smallest absolute Gasteiger partial charge is 0.335 e. The van der Waals surface area contributed by atoms with E-state index in [1.54, 1.807) is 0 Å². The van der Waals surface area contributed by atoms with Crippen LogP contribution in [0.3, 0.4) is 0 Å². The Balaban J connectivity index is 2.76. The number of benzene rings is 1. The first-order chi connectivity index (χ1) is 8.04. The molecule has 5 heteroatoms. The van der Waals surface area contributed by atoms with Gasteiger partial charge in [-0.25, -0.2) is 4.79 Å². The monoisotopic (exact) mass is 233 g/mol. The van der Waals surface area contributed by atoms with Gasteiger partial charge in [0.1, 0.15) is 5.75 Å². The highest BCUT2D eigenvalue weighted by molar-refractivity contribution is 5.94. The summed E-state index contributed by atoms with van der Waals surface area (Å²) >= 11 is 0. The van der Waals surface area contributed by atoms with E-state index >= 15 is 0 Å². The van der Waals surface area contributed by atoms with Crippen molar-refractivity contribution in [3.63, 3.8) is 0 Å². The van der Waals surface area contributed by atoms with E-state index in [1.807, 2.05) is 0 Å². The molecule has 0 aromatic heterocycles. The van der Waals surface area contributed by atoms with Crippen molar-refractivity contribution in [1.29, 1.82) is 0 Å². The minimum atomic E-state index is -1.15. The van der Waals surface area contributed by atoms with Crippen molar-refractivity contribution in [2.24, 2.45) is 0 Å². The van der Waals surface area contributed by atoms with Crippen LogP contribution < -0.4 is 5.32 Å². The second-order valence-corrected chi connectivity index (χ2v) is 3.29. The van der Waals surface area contributed by atoms with Gasteiger partial charge in [0, 0.05) is 12.8 Å². The van der Waals surface area contributed by atoms with Crippen LogP contribution in [-0.4, -0.2) is 22.1 Å². The number of anilines is 1. The predicted molar refractivity (Wildman–Crippen MR) is 61.8 cm³/mol. The summed E-state index contributed by atoms with van der Waals surface area (Å²) in [5, 5.41) is 20.6. The molecule has 0 atom stereocenters. The number of carbonyl (C=O) groups excluding carboxylic acids is 1. The number of aromatic hydroxyl groups is 1. The predicted octanol–water partition coefficient (Wildman–Crippen LogP) is 1.44. The maximum atomic E-state index is 11.3. The van der Waals surface area contributed by atoms with Gasteiger partial charge in [0.2, 0.25) is 5.91 Å². The third-order valence-electron chi connectivity index (χ3n) is 2.02. The third-order valence-corrected chi connectivity index (χ3v) is 2.02. The second kappa shape index (κ2) is 5.56. The molecular weight excluding hydrogens is 222 g/mol. The lowest BCUT2D eigenvalue weighted by Crippen LogP contribution is -2.11. The van der Waals surface area contributed by atoms with E-state index in [2.05, 4.69) is 11.2 Å². The summed E-state index contributed by atoms with van der Waals surface area (Å²) in [6.45, 7) is 0. The van der Waals surface area contributed by atoms with Gasteiger partial charge in [-0.2, -0.15) is 0 Å². The van der Waals surface area contributed by atoms with E-state index < -0.39 is 5.97 Å². The summed E-state index contributed by atoms with van der Waals surface area (Å²) in [6.07, 6.45) is 5.46. The molecule has 0 unspecified atom stereocenters. The Morgan fingerprint density at radius 1 is 1.41 bits per heavy atom. The summed E-state index contributed by atoms with van der Waals surface area (Å²) < 4.78 is 0. The summed E-state index contributed by atoms with van der Waals surface area (Å²) in [5.41, 5.74) is 0.112. The number of amides is 1. The molecule has 0 saturated carbocycles. The van der Waals surface area contributed by atoms with E-state index in [4.69, 9.17) is 11.5 Å². The summed E-state index contributed by atoms with van der Waals surface area (Å²) in [4.78, 5) is 21.9. The van der Waals surface area contributed by atoms with Crippen LogP contribution in [0, 0.1) is 12.3 Å². The van der Waals surface area contributed by atoms with Crippen LogP contribution in [0.1, 0.15) is 23.2 Å². The van der Waals surface area contributed by atoms with Crippen molar-refractivity contribution >= 4 is 17.6 Å². The largest absolute Gasteiger partial charge is 0.506 e. The van der Waals surface area contributed by atoms with E-state index in [0.29, 0.717) is 6.42 Å². The maximum Gasteiger partial charge on any atom is 0.335 e. The fourth-order valence-corrected chi connectivity index (χ4v) is 1.17.